The van der Waals surface area contributed by atoms with Gasteiger partial charge < -0.3 is 9.84 Å². The van der Waals surface area contributed by atoms with E-state index in [4.69, 9.17) is 9.84 Å². The average Bonchev–Trinajstić information content (AvgIpc) is 2.77. The Morgan fingerprint density at radius 3 is 3.00 bits per heavy atom. The first-order chi connectivity index (χ1) is 8.28. The molecule has 0 fully saturated rings. The van der Waals surface area contributed by atoms with Crippen molar-refractivity contribution in [3.63, 3.8) is 0 Å². The first-order valence-corrected chi connectivity index (χ1v) is 6.39. The van der Waals surface area contributed by atoms with Gasteiger partial charge in [0.2, 0.25) is 0 Å². The van der Waals surface area contributed by atoms with Crippen molar-refractivity contribution in [2.24, 2.45) is 0 Å². The summed E-state index contributed by atoms with van der Waals surface area (Å²) in [6.07, 6.45) is 0.776. The molecular weight excluding hydrogens is 234 g/mol. The highest BCUT2D eigenvalue weighted by Gasteiger charge is 2.01. The molecule has 2 rings (SSSR count). The van der Waals surface area contributed by atoms with E-state index in [-0.39, 0.29) is 6.61 Å². The van der Waals surface area contributed by atoms with Gasteiger partial charge in [0.25, 0.3) is 0 Å². The van der Waals surface area contributed by atoms with Crippen molar-refractivity contribution < 1.29 is 9.84 Å². The number of nitrogens with zero attached hydrogens (tertiary/aromatic N) is 1. The number of aromatic nitrogens is 1. The zero-order valence-corrected chi connectivity index (χ0v) is 10.5. The van der Waals surface area contributed by atoms with Gasteiger partial charge in [-0.05, 0) is 24.6 Å². The maximum absolute atomic E-state index is 8.90. The Kier molecular flexibility index (Phi) is 4.12. The van der Waals surface area contributed by atoms with Crippen molar-refractivity contribution in [3.05, 3.63) is 45.9 Å². The Balaban J connectivity index is 1.83. The molecule has 4 heteroatoms. The Hall–Kier alpha value is -1.39. The molecule has 0 unspecified atom stereocenters. The number of ether oxygens (including phenoxy) is 1. The highest BCUT2D eigenvalue weighted by Crippen LogP contribution is 2.14. The molecule has 3 nitrogen and oxygen atoms in total. The van der Waals surface area contributed by atoms with E-state index >= 15 is 0 Å². The maximum atomic E-state index is 8.90. The molecule has 90 valence electrons. The molecule has 0 spiro atoms. The molecule has 0 aliphatic carbocycles. The van der Waals surface area contributed by atoms with Crippen LogP contribution in [-0.4, -0.2) is 16.7 Å². The maximum Gasteiger partial charge on any atom is 0.119 e. The minimum absolute atomic E-state index is 0.00916. The topological polar surface area (TPSA) is 42.4 Å². The van der Waals surface area contributed by atoms with Crippen molar-refractivity contribution in [2.45, 2.75) is 20.0 Å². The fraction of sp³-hybridized carbons (Fsp3) is 0.308. The zero-order chi connectivity index (χ0) is 12.1. The van der Waals surface area contributed by atoms with Crippen molar-refractivity contribution in [1.82, 2.24) is 4.98 Å². The lowest BCUT2D eigenvalue weighted by molar-refractivity contribution is 0.277. The predicted molar refractivity (Wildman–Crippen MR) is 68.4 cm³/mol. The smallest absolute Gasteiger partial charge is 0.119 e. The lowest BCUT2D eigenvalue weighted by atomic mass is 10.2. The fourth-order valence-corrected chi connectivity index (χ4v) is 2.27. The monoisotopic (exact) mass is 249 g/mol. The number of hydrogen-bond donors (Lipinski definition) is 1. The molecule has 0 aliphatic heterocycles. The van der Waals surface area contributed by atoms with Gasteiger partial charge >= 0.3 is 0 Å². The SMILES string of the molecule is Cc1cccc(OCCc2nc(CO)cs2)c1. The number of thiazole rings is 1. The van der Waals surface area contributed by atoms with Crippen LogP contribution in [0.1, 0.15) is 16.3 Å². The van der Waals surface area contributed by atoms with E-state index in [9.17, 15) is 0 Å². The first kappa shape index (κ1) is 12.1. The number of aryl methyl sites for hydroxylation is 1. The summed E-state index contributed by atoms with van der Waals surface area (Å²) in [6.45, 7) is 2.66. The summed E-state index contributed by atoms with van der Waals surface area (Å²) in [4.78, 5) is 4.27. The van der Waals surface area contributed by atoms with E-state index in [0.29, 0.717) is 6.61 Å². The van der Waals surface area contributed by atoms with Gasteiger partial charge in [-0.2, -0.15) is 0 Å². The van der Waals surface area contributed by atoms with Crippen LogP contribution in [0.3, 0.4) is 0 Å². The van der Waals surface area contributed by atoms with E-state index in [1.54, 1.807) is 11.3 Å². The molecular formula is C13H15NO2S. The molecule has 0 saturated heterocycles. The standard InChI is InChI=1S/C13H15NO2S/c1-10-3-2-4-12(7-10)16-6-5-13-14-11(8-15)9-17-13/h2-4,7,9,15H,5-6,8H2,1H3. The Labute approximate surface area is 105 Å². The van der Waals surface area contributed by atoms with Crippen LogP contribution >= 0.6 is 11.3 Å². The van der Waals surface area contributed by atoms with E-state index in [1.165, 1.54) is 5.56 Å². The summed E-state index contributed by atoms with van der Waals surface area (Å²) >= 11 is 1.56. The summed E-state index contributed by atoms with van der Waals surface area (Å²) in [7, 11) is 0. The summed E-state index contributed by atoms with van der Waals surface area (Å²) in [5, 5.41) is 11.8. The van der Waals surface area contributed by atoms with E-state index < -0.39 is 0 Å². The van der Waals surface area contributed by atoms with E-state index in [2.05, 4.69) is 4.98 Å². The number of hydrogen-bond acceptors (Lipinski definition) is 4. The molecule has 1 N–H and O–H groups in total. The summed E-state index contributed by atoms with van der Waals surface area (Å²) in [5.74, 6) is 0.893. The van der Waals surface area contributed by atoms with E-state index in [1.807, 2.05) is 36.6 Å². The van der Waals surface area contributed by atoms with Gasteiger partial charge in [0, 0.05) is 11.8 Å². The molecule has 0 saturated carbocycles. The second kappa shape index (κ2) is 5.80. The summed E-state index contributed by atoms with van der Waals surface area (Å²) in [6, 6.07) is 7.99. The number of aliphatic hydroxyl groups is 1. The molecule has 0 aliphatic rings. The van der Waals surface area contributed by atoms with Gasteiger partial charge in [-0.15, -0.1) is 11.3 Å². The third-order valence-corrected chi connectivity index (χ3v) is 3.29. The van der Waals surface area contributed by atoms with Crippen LogP contribution in [0.2, 0.25) is 0 Å². The van der Waals surface area contributed by atoms with Crippen LogP contribution in [0.15, 0.2) is 29.6 Å². The third kappa shape index (κ3) is 3.54. The second-order valence-electron chi connectivity index (χ2n) is 3.81. The molecule has 0 amide bonds. The molecule has 1 aromatic carbocycles. The highest BCUT2D eigenvalue weighted by atomic mass is 32.1. The van der Waals surface area contributed by atoms with Crippen LogP contribution in [0.4, 0.5) is 0 Å². The molecule has 17 heavy (non-hydrogen) atoms. The van der Waals surface area contributed by atoms with Gasteiger partial charge in [0.05, 0.1) is 23.9 Å². The molecule has 1 aromatic heterocycles. The molecule has 0 atom stereocenters. The molecule has 0 radical (unpaired) electrons. The van der Waals surface area contributed by atoms with Crippen LogP contribution in [0.25, 0.3) is 0 Å². The molecule has 2 aromatic rings. The minimum Gasteiger partial charge on any atom is -0.493 e. The Morgan fingerprint density at radius 2 is 2.29 bits per heavy atom. The van der Waals surface area contributed by atoms with Crippen molar-refractivity contribution in [3.8, 4) is 5.75 Å². The molecule has 1 heterocycles. The first-order valence-electron chi connectivity index (χ1n) is 5.51. The average molecular weight is 249 g/mol. The predicted octanol–water partition coefficient (Wildman–Crippen LogP) is 2.57. The minimum atomic E-state index is 0.00916. The highest BCUT2D eigenvalue weighted by molar-refractivity contribution is 7.09. The number of aliphatic hydroxyl groups excluding tert-OH is 1. The van der Waals surface area contributed by atoms with Gasteiger partial charge in [-0.25, -0.2) is 4.98 Å². The quantitative estimate of drug-likeness (QED) is 0.885. The Bertz CT molecular complexity index is 482. The molecule has 0 bridgehead atoms. The normalized spacial score (nSPS) is 10.5. The van der Waals surface area contributed by atoms with Crippen LogP contribution in [0.5, 0.6) is 5.75 Å². The van der Waals surface area contributed by atoms with Gasteiger partial charge in [0.15, 0.2) is 0 Å². The van der Waals surface area contributed by atoms with Gasteiger partial charge in [0.1, 0.15) is 5.75 Å². The summed E-state index contributed by atoms with van der Waals surface area (Å²) in [5.41, 5.74) is 1.93. The van der Waals surface area contributed by atoms with Crippen molar-refractivity contribution in [1.29, 1.82) is 0 Å². The van der Waals surface area contributed by atoms with Gasteiger partial charge in [-0.1, -0.05) is 12.1 Å². The van der Waals surface area contributed by atoms with Crippen LogP contribution < -0.4 is 4.74 Å². The summed E-state index contributed by atoms with van der Waals surface area (Å²) < 4.78 is 5.64. The largest absolute Gasteiger partial charge is 0.493 e. The van der Waals surface area contributed by atoms with E-state index in [0.717, 1.165) is 22.9 Å². The number of benzene rings is 1. The van der Waals surface area contributed by atoms with Crippen molar-refractivity contribution in [2.75, 3.05) is 6.61 Å². The lowest BCUT2D eigenvalue weighted by Crippen LogP contribution is -2.01. The van der Waals surface area contributed by atoms with Gasteiger partial charge in [-0.3, -0.25) is 0 Å². The fourth-order valence-electron chi connectivity index (χ4n) is 1.50. The Morgan fingerprint density at radius 1 is 1.41 bits per heavy atom. The van der Waals surface area contributed by atoms with Crippen molar-refractivity contribution >= 4 is 11.3 Å². The lowest BCUT2D eigenvalue weighted by Gasteiger charge is -2.05. The third-order valence-electron chi connectivity index (χ3n) is 2.34. The number of rotatable bonds is 5. The van der Waals surface area contributed by atoms with Crippen LogP contribution in [-0.2, 0) is 13.0 Å². The second-order valence-corrected chi connectivity index (χ2v) is 4.75. The zero-order valence-electron chi connectivity index (χ0n) is 9.72. The van der Waals surface area contributed by atoms with Crippen LogP contribution in [0, 0.1) is 6.92 Å².